The number of amides is 1. The van der Waals surface area contributed by atoms with Crippen LogP contribution in [0.2, 0.25) is 0 Å². The lowest BCUT2D eigenvalue weighted by Gasteiger charge is -2.04. The fourth-order valence-corrected chi connectivity index (χ4v) is 1.71. The highest BCUT2D eigenvalue weighted by atomic mass is 16.3. The molecule has 0 spiro atoms. The molecule has 20 heavy (non-hydrogen) atoms. The van der Waals surface area contributed by atoms with E-state index in [2.05, 4.69) is 20.5 Å². The predicted molar refractivity (Wildman–Crippen MR) is 70.9 cm³/mol. The van der Waals surface area contributed by atoms with Gasteiger partial charge in [-0.25, -0.2) is 4.98 Å². The minimum atomic E-state index is -0.245. The van der Waals surface area contributed by atoms with Crippen LogP contribution in [0.4, 0.5) is 5.95 Å². The lowest BCUT2D eigenvalue weighted by atomic mass is 10.1. The quantitative estimate of drug-likeness (QED) is 0.782. The summed E-state index contributed by atoms with van der Waals surface area (Å²) in [4.78, 5) is 15.9. The van der Waals surface area contributed by atoms with Crippen LogP contribution in [0.3, 0.4) is 0 Å². The second-order valence-corrected chi connectivity index (χ2v) is 4.16. The molecule has 0 atom stereocenters. The normalized spacial score (nSPS) is 10.4. The Morgan fingerprint density at radius 1 is 1.30 bits per heavy atom. The van der Waals surface area contributed by atoms with Crippen molar-refractivity contribution < 1.29 is 9.21 Å². The second-order valence-electron chi connectivity index (χ2n) is 4.16. The molecule has 0 aliphatic rings. The van der Waals surface area contributed by atoms with Crippen LogP contribution in [0, 0.1) is 0 Å². The van der Waals surface area contributed by atoms with E-state index in [9.17, 15) is 4.79 Å². The third kappa shape index (κ3) is 2.28. The van der Waals surface area contributed by atoms with Crippen molar-refractivity contribution in [3.63, 3.8) is 0 Å². The fraction of sp³-hybridized carbons (Fsp3) is 0.0769. The molecule has 1 N–H and O–H groups in total. The SMILES string of the molecule is Cn1cnnc1NC(=O)c1ccc(-c2cnco2)cc1. The van der Waals surface area contributed by atoms with E-state index in [1.165, 1.54) is 12.7 Å². The molecular formula is C13H11N5O2. The number of anilines is 1. The van der Waals surface area contributed by atoms with Gasteiger partial charge in [-0.3, -0.25) is 10.1 Å². The predicted octanol–water partition coefficient (Wildman–Crippen LogP) is 1.72. The summed E-state index contributed by atoms with van der Waals surface area (Å²) in [6.45, 7) is 0. The Hall–Kier alpha value is -2.96. The first-order chi connectivity index (χ1) is 9.74. The molecule has 0 bridgehead atoms. The first-order valence-electron chi connectivity index (χ1n) is 5.88. The summed E-state index contributed by atoms with van der Waals surface area (Å²) in [5.41, 5.74) is 1.38. The first-order valence-corrected chi connectivity index (χ1v) is 5.88. The van der Waals surface area contributed by atoms with Crippen LogP contribution in [0.25, 0.3) is 11.3 Å². The zero-order valence-electron chi connectivity index (χ0n) is 10.6. The number of nitrogens with one attached hydrogen (secondary N) is 1. The van der Waals surface area contributed by atoms with Crippen LogP contribution in [0.5, 0.6) is 0 Å². The summed E-state index contributed by atoms with van der Waals surface area (Å²) in [6.07, 6.45) is 4.50. The number of carbonyl (C=O) groups excluding carboxylic acids is 1. The molecule has 0 unspecified atom stereocenters. The van der Waals surface area contributed by atoms with Gasteiger partial charge >= 0.3 is 0 Å². The maximum atomic E-state index is 12.0. The average molecular weight is 269 g/mol. The van der Waals surface area contributed by atoms with Gasteiger partial charge < -0.3 is 8.98 Å². The molecule has 1 amide bonds. The van der Waals surface area contributed by atoms with Crippen LogP contribution in [0.15, 0.2) is 47.6 Å². The minimum absolute atomic E-state index is 0.245. The Morgan fingerprint density at radius 2 is 2.10 bits per heavy atom. The number of oxazole rings is 1. The van der Waals surface area contributed by atoms with Gasteiger partial charge in [0.1, 0.15) is 6.33 Å². The van der Waals surface area contributed by atoms with Crippen LogP contribution >= 0.6 is 0 Å². The van der Waals surface area contributed by atoms with Crippen molar-refractivity contribution in [1.29, 1.82) is 0 Å². The molecular weight excluding hydrogens is 258 g/mol. The number of aromatic nitrogens is 4. The molecule has 0 fully saturated rings. The maximum absolute atomic E-state index is 12.0. The van der Waals surface area contributed by atoms with Gasteiger partial charge in [0.25, 0.3) is 5.91 Å². The standard InChI is InChI=1S/C13H11N5O2/c1-18-7-15-17-13(18)16-12(19)10-4-2-9(3-5-10)11-6-14-8-20-11/h2-8H,1H3,(H,16,17,19). The number of benzene rings is 1. The Balaban J connectivity index is 1.78. The monoisotopic (exact) mass is 269 g/mol. The summed E-state index contributed by atoms with van der Waals surface area (Å²) >= 11 is 0. The van der Waals surface area contributed by atoms with Crippen LogP contribution in [0.1, 0.15) is 10.4 Å². The van der Waals surface area contributed by atoms with E-state index in [1.54, 1.807) is 42.1 Å². The van der Waals surface area contributed by atoms with E-state index in [4.69, 9.17) is 4.42 Å². The first kappa shape index (κ1) is 12.1. The zero-order valence-corrected chi connectivity index (χ0v) is 10.6. The van der Waals surface area contributed by atoms with Gasteiger partial charge in [-0.2, -0.15) is 0 Å². The molecule has 0 radical (unpaired) electrons. The highest BCUT2D eigenvalue weighted by Crippen LogP contribution is 2.19. The van der Waals surface area contributed by atoms with E-state index >= 15 is 0 Å². The van der Waals surface area contributed by atoms with Gasteiger partial charge in [-0.15, -0.1) is 10.2 Å². The van der Waals surface area contributed by atoms with E-state index in [0.717, 1.165) is 5.56 Å². The van der Waals surface area contributed by atoms with Crippen molar-refractivity contribution in [3.05, 3.63) is 48.7 Å². The molecule has 3 rings (SSSR count). The van der Waals surface area contributed by atoms with Crippen molar-refractivity contribution in [2.45, 2.75) is 0 Å². The van der Waals surface area contributed by atoms with Crippen LogP contribution < -0.4 is 5.32 Å². The van der Waals surface area contributed by atoms with Gasteiger partial charge in [0, 0.05) is 18.2 Å². The molecule has 2 heterocycles. The molecule has 100 valence electrons. The Kier molecular flexibility index (Phi) is 3.00. The molecule has 0 aliphatic heterocycles. The molecule has 0 aliphatic carbocycles. The smallest absolute Gasteiger partial charge is 0.258 e. The zero-order chi connectivity index (χ0) is 13.9. The molecule has 2 aromatic heterocycles. The van der Waals surface area contributed by atoms with E-state index in [0.29, 0.717) is 17.3 Å². The van der Waals surface area contributed by atoms with E-state index in [1.807, 2.05) is 0 Å². The number of rotatable bonds is 3. The third-order valence-corrected chi connectivity index (χ3v) is 2.80. The molecule has 7 nitrogen and oxygen atoms in total. The number of hydrogen-bond donors (Lipinski definition) is 1. The lowest BCUT2D eigenvalue weighted by molar-refractivity contribution is 0.102. The van der Waals surface area contributed by atoms with Crippen molar-refractivity contribution in [3.8, 4) is 11.3 Å². The number of carbonyl (C=O) groups is 1. The highest BCUT2D eigenvalue weighted by Gasteiger charge is 2.10. The Labute approximate surface area is 114 Å². The summed E-state index contributed by atoms with van der Waals surface area (Å²) in [5.74, 6) is 0.810. The Morgan fingerprint density at radius 3 is 2.70 bits per heavy atom. The van der Waals surface area contributed by atoms with Gasteiger partial charge in [0.2, 0.25) is 5.95 Å². The minimum Gasteiger partial charge on any atom is -0.444 e. The number of nitrogens with zero attached hydrogens (tertiary/aromatic N) is 4. The largest absolute Gasteiger partial charge is 0.444 e. The van der Waals surface area contributed by atoms with Crippen LogP contribution in [-0.4, -0.2) is 25.7 Å². The molecule has 7 heteroatoms. The number of hydrogen-bond acceptors (Lipinski definition) is 5. The van der Waals surface area contributed by atoms with Crippen LogP contribution in [-0.2, 0) is 7.05 Å². The number of aryl methyl sites for hydroxylation is 1. The highest BCUT2D eigenvalue weighted by molar-refractivity contribution is 6.03. The average Bonchev–Trinajstić information content (AvgIpc) is 3.12. The lowest BCUT2D eigenvalue weighted by Crippen LogP contribution is -2.14. The fourth-order valence-electron chi connectivity index (χ4n) is 1.71. The summed E-state index contributed by atoms with van der Waals surface area (Å²) in [7, 11) is 1.75. The molecule has 3 aromatic rings. The molecule has 0 saturated heterocycles. The van der Waals surface area contributed by atoms with Gasteiger partial charge in [-0.05, 0) is 12.1 Å². The summed E-state index contributed by atoms with van der Waals surface area (Å²) in [5, 5.41) is 10.2. The second kappa shape index (κ2) is 4.96. The van der Waals surface area contributed by atoms with E-state index in [-0.39, 0.29) is 5.91 Å². The van der Waals surface area contributed by atoms with E-state index < -0.39 is 0 Å². The van der Waals surface area contributed by atoms with Gasteiger partial charge in [-0.1, -0.05) is 12.1 Å². The van der Waals surface area contributed by atoms with Crippen molar-refractivity contribution in [1.82, 2.24) is 19.7 Å². The van der Waals surface area contributed by atoms with Gasteiger partial charge in [0.05, 0.1) is 6.20 Å². The topological polar surface area (TPSA) is 85.8 Å². The summed E-state index contributed by atoms with van der Waals surface area (Å²) in [6, 6.07) is 7.02. The molecule has 1 aromatic carbocycles. The third-order valence-electron chi connectivity index (χ3n) is 2.80. The molecule has 0 saturated carbocycles. The maximum Gasteiger partial charge on any atom is 0.258 e. The van der Waals surface area contributed by atoms with Crippen molar-refractivity contribution in [2.24, 2.45) is 7.05 Å². The Bertz CT molecular complexity index is 716. The van der Waals surface area contributed by atoms with Crippen molar-refractivity contribution >= 4 is 11.9 Å². The summed E-state index contributed by atoms with van der Waals surface area (Å²) < 4.78 is 6.81. The van der Waals surface area contributed by atoms with Gasteiger partial charge in [0.15, 0.2) is 12.2 Å². The van der Waals surface area contributed by atoms with Crippen molar-refractivity contribution in [2.75, 3.05) is 5.32 Å².